The molecule has 118 valence electrons. The van der Waals surface area contributed by atoms with Crippen molar-refractivity contribution in [2.45, 2.75) is 71.6 Å². The fourth-order valence-corrected chi connectivity index (χ4v) is 3.10. The number of hydrogen-bond donors (Lipinski definition) is 1. The third kappa shape index (κ3) is 4.74. The van der Waals surface area contributed by atoms with E-state index in [9.17, 15) is 4.79 Å². The Balaban J connectivity index is 2.76. The van der Waals surface area contributed by atoms with Gasteiger partial charge in [0.2, 0.25) is 5.91 Å². The molecule has 0 bridgehead atoms. The zero-order chi connectivity index (χ0) is 15.3. The maximum Gasteiger partial charge on any atom is 0.241 e. The van der Waals surface area contributed by atoms with E-state index in [2.05, 4.69) is 56.9 Å². The smallest absolute Gasteiger partial charge is 0.241 e. The average molecular weight is 283 g/mol. The first kappa shape index (κ1) is 17.4. The van der Waals surface area contributed by atoms with Crippen molar-refractivity contribution in [3.63, 3.8) is 0 Å². The quantitative estimate of drug-likeness (QED) is 0.742. The van der Waals surface area contributed by atoms with Gasteiger partial charge in [0.05, 0.1) is 12.2 Å². The van der Waals surface area contributed by atoms with Gasteiger partial charge in [-0.1, -0.05) is 33.6 Å². The normalized spacial score (nSPS) is 25.0. The number of carbonyl (C=O) groups excluding carboxylic acids is 1. The Hall–Kier alpha value is -0.610. The number of rotatable bonds is 8. The van der Waals surface area contributed by atoms with Gasteiger partial charge in [-0.25, -0.2) is 0 Å². The Labute approximate surface area is 124 Å². The van der Waals surface area contributed by atoms with Crippen LogP contribution >= 0.6 is 0 Å². The van der Waals surface area contributed by atoms with Gasteiger partial charge in [0.1, 0.15) is 0 Å². The highest BCUT2D eigenvalue weighted by molar-refractivity contribution is 5.84. The molecular weight excluding hydrogens is 250 g/mol. The lowest BCUT2D eigenvalue weighted by Gasteiger charge is -2.32. The van der Waals surface area contributed by atoms with Gasteiger partial charge in [-0.05, 0) is 39.8 Å². The van der Waals surface area contributed by atoms with Crippen LogP contribution in [0.25, 0.3) is 0 Å². The molecule has 0 aliphatic carbocycles. The highest BCUT2D eigenvalue weighted by Crippen LogP contribution is 2.23. The number of amides is 1. The molecule has 1 fully saturated rings. The molecule has 0 aromatic rings. The van der Waals surface area contributed by atoms with E-state index in [1.807, 2.05) is 0 Å². The molecule has 0 radical (unpaired) electrons. The molecule has 1 amide bonds. The molecule has 1 heterocycles. The van der Waals surface area contributed by atoms with E-state index in [-0.39, 0.29) is 18.2 Å². The molecule has 0 aromatic heterocycles. The van der Waals surface area contributed by atoms with Crippen LogP contribution in [0.2, 0.25) is 0 Å². The van der Waals surface area contributed by atoms with E-state index >= 15 is 0 Å². The molecular formula is C16H33N3O. The van der Waals surface area contributed by atoms with Crippen LogP contribution in [0.15, 0.2) is 0 Å². The monoisotopic (exact) mass is 283 g/mol. The fourth-order valence-electron chi connectivity index (χ4n) is 3.10. The minimum Gasteiger partial charge on any atom is -0.322 e. The number of hydrogen-bond acceptors (Lipinski definition) is 3. The van der Waals surface area contributed by atoms with Gasteiger partial charge in [0.15, 0.2) is 0 Å². The lowest BCUT2D eigenvalue weighted by Crippen LogP contribution is -2.47. The topological polar surface area (TPSA) is 35.6 Å². The lowest BCUT2D eigenvalue weighted by molar-refractivity contribution is -0.132. The average Bonchev–Trinajstić information content (AvgIpc) is 2.61. The number of likely N-dealkylation sites (N-methyl/N-ethyl adjacent to an activating group) is 1. The molecule has 1 aliphatic heterocycles. The summed E-state index contributed by atoms with van der Waals surface area (Å²) in [6.07, 6.45) is 4.47. The molecule has 0 spiro atoms. The first-order chi connectivity index (χ1) is 9.36. The SMILES string of the molecule is CCCCC1NC(CC(C)C)N(C(C)CN(C)C)C1=O. The summed E-state index contributed by atoms with van der Waals surface area (Å²) < 4.78 is 0. The predicted octanol–water partition coefficient (Wildman–Crippen LogP) is 2.30. The molecule has 20 heavy (non-hydrogen) atoms. The van der Waals surface area contributed by atoms with Gasteiger partial charge in [-0.2, -0.15) is 0 Å². The molecule has 1 saturated heterocycles. The summed E-state index contributed by atoms with van der Waals surface area (Å²) in [6.45, 7) is 9.70. The Morgan fingerprint density at radius 1 is 1.30 bits per heavy atom. The van der Waals surface area contributed by atoms with Crippen LogP contribution in [-0.2, 0) is 4.79 Å². The maximum absolute atomic E-state index is 12.7. The van der Waals surface area contributed by atoms with Crippen molar-refractivity contribution < 1.29 is 4.79 Å². The second kappa shape index (κ2) is 7.99. The summed E-state index contributed by atoms with van der Waals surface area (Å²) in [5.41, 5.74) is 0. The zero-order valence-electron chi connectivity index (χ0n) is 14.1. The minimum absolute atomic E-state index is 0.0308. The maximum atomic E-state index is 12.7. The van der Waals surface area contributed by atoms with Crippen molar-refractivity contribution in [2.24, 2.45) is 5.92 Å². The van der Waals surface area contributed by atoms with Gasteiger partial charge in [0.25, 0.3) is 0 Å². The Bertz CT molecular complexity index is 304. The Kier molecular flexibility index (Phi) is 6.96. The summed E-state index contributed by atoms with van der Waals surface area (Å²) in [4.78, 5) is 16.9. The van der Waals surface area contributed by atoms with Crippen molar-refractivity contribution >= 4 is 5.91 Å². The van der Waals surface area contributed by atoms with Crippen molar-refractivity contribution in [1.82, 2.24) is 15.1 Å². The highest BCUT2D eigenvalue weighted by atomic mass is 16.2. The third-order valence-corrected chi connectivity index (χ3v) is 3.93. The molecule has 1 aliphatic rings. The van der Waals surface area contributed by atoms with Crippen LogP contribution in [0.1, 0.15) is 53.4 Å². The molecule has 4 nitrogen and oxygen atoms in total. The van der Waals surface area contributed by atoms with Crippen molar-refractivity contribution in [1.29, 1.82) is 0 Å². The van der Waals surface area contributed by atoms with Gasteiger partial charge < -0.3 is 9.80 Å². The predicted molar refractivity (Wildman–Crippen MR) is 84.6 cm³/mol. The Morgan fingerprint density at radius 2 is 1.95 bits per heavy atom. The van der Waals surface area contributed by atoms with Crippen molar-refractivity contribution in [2.75, 3.05) is 20.6 Å². The largest absolute Gasteiger partial charge is 0.322 e. The first-order valence-electron chi connectivity index (χ1n) is 8.09. The molecule has 0 saturated carbocycles. The Morgan fingerprint density at radius 3 is 2.45 bits per heavy atom. The third-order valence-electron chi connectivity index (χ3n) is 3.93. The summed E-state index contributed by atoms with van der Waals surface area (Å²) in [5, 5.41) is 3.57. The number of unbranched alkanes of at least 4 members (excludes halogenated alkanes) is 1. The molecule has 4 heteroatoms. The number of nitrogens with one attached hydrogen (secondary N) is 1. The minimum atomic E-state index is 0.0308. The van der Waals surface area contributed by atoms with E-state index in [0.717, 1.165) is 32.2 Å². The lowest BCUT2D eigenvalue weighted by atomic mass is 10.1. The second-order valence-electron chi connectivity index (χ2n) is 6.86. The van der Waals surface area contributed by atoms with Crippen LogP contribution < -0.4 is 5.32 Å². The highest BCUT2D eigenvalue weighted by Gasteiger charge is 2.40. The molecule has 3 atom stereocenters. The van der Waals surface area contributed by atoms with Gasteiger partial charge in [-0.15, -0.1) is 0 Å². The molecule has 3 unspecified atom stereocenters. The number of nitrogens with zero attached hydrogens (tertiary/aromatic N) is 2. The molecule has 1 rings (SSSR count). The van der Waals surface area contributed by atoms with E-state index < -0.39 is 0 Å². The summed E-state index contributed by atoms with van der Waals surface area (Å²) >= 11 is 0. The van der Waals surface area contributed by atoms with Crippen molar-refractivity contribution in [3.05, 3.63) is 0 Å². The van der Waals surface area contributed by atoms with Crippen LogP contribution in [0.3, 0.4) is 0 Å². The van der Waals surface area contributed by atoms with Crippen LogP contribution in [0.5, 0.6) is 0 Å². The van der Waals surface area contributed by atoms with Gasteiger partial charge in [-0.3, -0.25) is 10.1 Å². The summed E-state index contributed by atoms with van der Waals surface area (Å²) in [5.74, 6) is 0.901. The summed E-state index contributed by atoms with van der Waals surface area (Å²) in [6, 6.07) is 0.295. The van der Waals surface area contributed by atoms with E-state index in [4.69, 9.17) is 0 Å². The van der Waals surface area contributed by atoms with Gasteiger partial charge in [0, 0.05) is 12.6 Å². The number of carbonyl (C=O) groups is 1. The molecule has 1 N–H and O–H groups in total. The standard InChI is InChI=1S/C16H33N3O/c1-7-8-9-14-16(20)19(13(4)11-18(5)6)15(17-14)10-12(2)3/h12-15,17H,7-11H2,1-6H3. The van der Waals surface area contributed by atoms with Crippen LogP contribution in [0.4, 0.5) is 0 Å². The summed E-state index contributed by atoms with van der Waals surface area (Å²) in [7, 11) is 4.13. The van der Waals surface area contributed by atoms with Crippen LogP contribution in [0, 0.1) is 5.92 Å². The molecule has 0 aromatic carbocycles. The fraction of sp³-hybridized carbons (Fsp3) is 0.938. The zero-order valence-corrected chi connectivity index (χ0v) is 14.1. The van der Waals surface area contributed by atoms with E-state index in [1.165, 1.54) is 0 Å². The van der Waals surface area contributed by atoms with Crippen LogP contribution in [-0.4, -0.2) is 54.6 Å². The van der Waals surface area contributed by atoms with Gasteiger partial charge >= 0.3 is 0 Å². The van der Waals surface area contributed by atoms with Crippen molar-refractivity contribution in [3.8, 4) is 0 Å². The first-order valence-corrected chi connectivity index (χ1v) is 8.09. The van der Waals surface area contributed by atoms with E-state index in [1.54, 1.807) is 0 Å². The second-order valence-corrected chi connectivity index (χ2v) is 6.86. The van der Waals surface area contributed by atoms with E-state index in [0.29, 0.717) is 11.8 Å².